The molecule has 4 nitrogen and oxygen atoms in total. The number of carbonyl (C=O) groups excluding carboxylic acids is 1. The molecule has 0 bridgehead atoms. The van der Waals surface area contributed by atoms with Gasteiger partial charge in [-0.05, 0) is 63.2 Å². The van der Waals surface area contributed by atoms with Crippen LogP contribution in [0.2, 0.25) is 0 Å². The zero-order valence-corrected chi connectivity index (χ0v) is 15.9. The standard InChI is InChI=1S/C20H23N3OS/c1-13-9-14(2)11-16(10-13)21-19(24)12-23(4)15(3)20-22-17-7-5-6-8-18(17)25-20/h5-11,15H,12H2,1-4H3,(H,21,24)/t15-/m1/s1. The second-order valence-corrected chi connectivity index (χ2v) is 7.60. The van der Waals surface area contributed by atoms with Gasteiger partial charge in [-0.15, -0.1) is 11.3 Å². The van der Waals surface area contributed by atoms with E-state index in [1.807, 2.05) is 56.1 Å². The third-order valence-corrected chi connectivity index (χ3v) is 5.43. The lowest BCUT2D eigenvalue weighted by Crippen LogP contribution is -2.32. The summed E-state index contributed by atoms with van der Waals surface area (Å²) in [5.41, 5.74) is 4.16. The fourth-order valence-electron chi connectivity index (χ4n) is 2.87. The Labute approximate surface area is 152 Å². The van der Waals surface area contributed by atoms with Crippen molar-refractivity contribution in [2.24, 2.45) is 0 Å². The molecule has 0 aliphatic carbocycles. The number of nitrogens with one attached hydrogen (secondary N) is 1. The molecule has 3 aromatic rings. The van der Waals surface area contributed by atoms with Crippen molar-refractivity contribution >= 4 is 33.1 Å². The summed E-state index contributed by atoms with van der Waals surface area (Å²) in [6, 6.07) is 14.3. The predicted molar refractivity (Wildman–Crippen MR) is 105 cm³/mol. The highest BCUT2D eigenvalue weighted by atomic mass is 32.1. The van der Waals surface area contributed by atoms with Crippen molar-refractivity contribution in [1.29, 1.82) is 0 Å². The molecule has 0 fully saturated rings. The topological polar surface area (TPSA) is 45.2 Å². The number of thiazole rings is 1. The number of hydrogen-bond donors (Lipinski definition) is 1. The number of fused-ring (bicyclic) bond motifs is 1. The molecule has 0 unspecified atom stereocenters. The monoisotopic (exact) mass is 353 g/mol. The highest BCUT2D eigenvalue weighted by molar-refractivity contribution is 7.18. The Morgan fingerprint density at radius 1 is 1.20 bits per heavy atom. The largest absolute Gasteiger partial charge is 0.325 e. The first-order valence-electron chi connectivity index (χ1n) is 8.36. The van der Waals surface area contributed by atoms with Crippen molar-refractivity contribution in [3.8, 4) is 0 Å². The first kappa shape index (κ1) is 17.6. The van der Waals surface area contributed by atoms with Gasteiger partial charge in [0, 0.05) is 5.69 Å². The summed E-state index contributed by atoms with van der Waals surface area (Å²) in [6.07, 6.45) is 0. The molecule has 5 heteroatoms. The number of anilines is 1. The highest BCUT2D eigenvalue weighted by Gasteiger charge is 2.18. The Morgan fingerprint density at radius 3 is 2.56 bits per heavy atom. The van der Waals surface area contributed by atoms with E-state index in [1.54, 1.807) is 11.3 Å². The minimum absolute atomic E-state index is 0.0135. The number of nitrogens with zero attached hydrogens (tertiary/aromatic N) is 2. The molecule has 0 aliphatic rings. The molecule has 1 heterocycles. The molecule has 25 heavy (non-hydrogen) atoms. The third kappa shape index (κ3) is 4.24. The molecule has 0 saturated heterocycles. The summed E-state index contributed by atoms with van der Waals surface area (Å²) < 4.78 is 1.18. The predicted octanol–water partition coefficient (Wildman–Crippen LogP) is 4.54. The van der Waals surface area contributed by atoms with Crippen LogP contribution in [0, 0.1) is 13.8 Å². The quantitative estimate of drug-likeness (QED) is 0.732. The molecule has 3 rings (SSSR count). The van der Waals surface area contributed by atoms with E-state index in [0.29, 0.717) is 6.54 Å². The number of hydrogen-bond acceptors (Lipinski definition) is 4. The van der Waals surface area contributed by atoms with Gasteiger partial charge in [-0.25, -0.2) is 4.98 Å². The van der Waals surface area contributed by atoms with Gasteiger partial charge >= 0.3 is 0 Å². The van der Waals surface area contributed by atoms with Crippen molar-refractivity contribution < 1.29 is 4.79 Å². The van der Waals surface area contributed by atoms with E-state index in [2.05, 4.69) is 24.4 Å². The molecular weight excluding hydrogens is 330 g/mol. The lowest BCUT2D eigenvalue weighted by atomic mass is 10.1. The smallest absolute Gasteiger partial charge is 0.238 e. The van der Waals surface area contributed by atoms with Gasteiger partial charge in [-0.2, -0.15) is 0 Å². The number of rotatable bonds is 5. The number of para-hydroxylation sites is 1. The minimum atomic E-state index is -0.0135. The van der Waals surface area contributed by atoms with E-state index in [1.165, 1.54) is 4.70 Å². The average Bonchev–Trinajstić information content (AvgIpc) is 2.96. The van der Waals surface area contributed by atoms with Crippen molar-refractivity contribution in [3.05, 3.63) is 58.6 Å². The lowest BCUT2D eigenvalue weighted by molar-refractivity contribution is -0.117. The molecular formula is C20H23N3OS. The zero-order chi connectivity index (χ0) is 18.0. The molecule has 1 amide bonds. The summed E-state index contributed by atoms with van der Waals surface area (Å²) in [7, 11) is 1.96. The van der Waals surface area contributed by atoms with Crippen LogP contribution in [-0.2, 0) is 4.79 Å². The highest BCUT2D eigenvalue weighted by Crippen LogP contribution is 2.28. The first-order chi connectivity index (χ1) is 11.9. The Kier molecular flexibility index (Phi) is 5.16. The van der Waals surface area contributed by atoms with Gasteiger partial charge < -0.3 is 5.32 Å². The average molecular weight is 353 g/mol. The van der Waals surface area contributed by atoms with Gasteiger partial charge in [0.25, 0.3) is 0 Å². The van der Waals surface area contributed by atoms with Gasteiger partial charge in [0.15, 0.2) is 0 Å². The molecule has 0 aliphatic heterocycles. The van der Waals surface area contributed by atoms with Crippen LogP contribution < -0.4 is 5.32 Å². The first-order valence-corrected chi connectivity index (χ1v) is 9.18. The van der Waals surface area contributed by atoms with Gasteiger partial charge in [0.05, 0.1) is 22.8 Å². The van der Waals surface area contributed by atoms with E-state index in [9.17, 15) is 4.79 Å². The van der Waals surface area contributed by atoms with Gasteiger partial charge in [-0.3, -0.25) is 9.69 Å². The number of carbonyl (C=O) groups is 1. The maximum Gasteiger partial charge on any atom is 0.238 e. The summed E-state index contributed by atoms with van der Waals surface area (Å²) in [6.45, 7) is 6.47. The van der Waals surface area contributed by atoms with E-state index in [-0.39, 0.29) is 11.9 Å². The summed E-state index contributed by atoms with van der Waals surface area (Å²) in [4.78, 5) is 19.1. The molecule has 1 aromatic heterocycles. The number of likely N-dealkylation sites (N-methyl/N-ethyl adjacent to an activating group) is 1. The molecule has 130 valence electrons. The van der Waals surface area contributed by atoms with Crippen molar-refractivity contribution in [2.75, 3.05) is 18.9 Å². The number of benzene rings is 2. The van der Waals surface area contributed by atoms with Crippen LogP contribution in [0.25, 0.3) is 10.2 Å². The summed E-state index contributed by atoms with van der Waals surface area (Å²) in [5, 5.41) is 4.02. The molecule has 0 saturated carbocycles. The Balaban J connectivity index is 1.66. The van der Waals surface area contributed by atoms with Gasteiger partial charge in [-0.1, -0.05) is 18.2 Å². The van der Waals surface area contributed by atoms with E-state index < -0.39 is 0 Å². The van der Waals surface area contributed by atoms with Crippen LogP contribution in [0.4, 0.5) is 5.69 Å². The lowest BCUT2D eigenvalue weighted by Gasteiger charge is -2.22. The van der Waals surface area contributed by atoms with Gasteiger partial charge in [0.2, 0.25) is 5.91 Å². The molecule has 0 radical (unpaired) electrons. The Morgan fingerprint density at radius 2 is 1.88 bits per heavy atom. The number of amides is 1. The Hall–Kier alpha value is -2.24. The normalized spacial score (nSPS) is 12.5. The number of aryl methyl sites for hydroxylation is 2. The number of aromatic nitrogens is 1. The fourth-order valence-corrected chi connectivity index (χ4v) is 3.95. The zero-order valence-electron chi connectivity index (χ0n) is 15.0. The fraction of sp³-hybridized carbons (Fsp3) is 0.300. The van der Waals surface area contributed by atoms with Crippen LogP contribution in [0.5, 0.6) is 0 Å². The summed E-state index contributed by atoms with van der Waals surface area (Å²) in [5.74, 6) is -0.0135. The van der Waals surface area contributed by atoms with Crippen molar-refractivity contribution in [1.82, 2.24) is 9.88 Å². The summed E-state index contributed by atoms with van der Waals surface area (Å²) >= 11 is 1.68. The van der Waals surface area contributed by atoms with Crippen LogP contribution in [0.1, 0.15) is 29.1 Å². The second-order valence-electron chi connectivity index (χ2n) is 6.54. The van der Waals surface area contributed by atoms with Crippen molar-refractivity contribution in [3.63, 3.8) is 0 Å². The molecule has 1 N–H and O–H groups in total. The van der Waals surface area contributed by atoms with Crippen molar-refractivity contribution in [2.45, 2.75) is 26.8 Å². The van der Waals surface area contributed by atoms with Crippen LogP contribution >= 0.6 is 11.3 Å². The Bertz CT molecular complexity index is 850. The third-order valence-electron chi connectivity index (χ3n) is 4.23. The second kappa shape index (κ2) is 7.33. The molecule has 0 spiro atoms. The van der Waals surface area contributed by atoms with Gasteiger partial charge in [0.1, 0.15) is 5.01 Å². The SMILES string of the molecule is Cc1cc(C)cc(NC(=O)CN(C)[C@H](C)c2nc3ccccc3s2)c1. The minimum Gasteiger partial charge on any atom is -0.325 e. The van der Waals surface area contributed by atoms with E-state index in [4.69, 9.17) is 4.98 Å². The van der Waals surface area contributed by atoms with E-state index in [0.717, 1.165) is 27.3 Å². The molecule has 2 aromatic carbocycles. The van der Waals surface area contributed by atoms with Crippen LogP contribution in [0.15, 0.2) is 42.5 Å². The van der Waals surface area contributed by atoms with Crippen LogP contribution in [0.3, 0.4) is 0 Å². The maximum atomic E-state index is 12.4. The van der Waals surface area contributed by atoms with E-state index >= 15 is 0 Å². The molecule has 1 atom stereocenters. The van der Waals surface area contributed by atoms with Crippen LogP contribution in [-0.4, -0.2) is 29.4 Å². The maximum absolute atomic E-state index is 12.4.